The highest BCUT2D eigenvalue weighted by molar-refractivity contribution is 7.99. The first-order valence-electron chi connectivity index (χ1n) is 5.64. The van der Waals surface area contributed by atoms with E-state index in [1.54, 1.807) is 18.7 Å². The van der Waals surface area contributed by atoms with Crippen molar-refractivity contribution in [2.75, 3.05) is 31.7 Å². The summed E-state index contributed by atoms with van der Waals surface area (Å²) in [5.74, 6) is 1.72. The summed E-state index contributed by atoms with van der Waals surface area (Å²) in [6.45, 7) is 4.55. The smallest absolute Gasteiger partial charge is 0.333 e. The van der Waals surface area contributed by atoms with Gasteiger partial charge in [-0.25, -0.2) is 9.59 Å². The largest absolute Gasteiger partial charge is 0.468 e. The maximum Gasteiger partial charge on any atom is 0.333 e. The molecule has 0 heterocycles. The number of nitrogens with zero attached hydrogens (tertiary/aromatic N) is 1. The summed E-state index contributed by atoms with van der Waals surface area (Å²) >= 11 is 1.68. The molecule has 0 spiro atoms. The minimum absolute atomic E-state index is 0.366. The first-order valence-corrected chi connectivity index (χ1v) is 6.79. The average Bonchev–Trinajstić information content (AvgIpc) is 2.35. The number of amides is 4. The summed E-state index contributed by atoms with van der Waals surface area (Å²) in [5.41, 5.74) is 0. The molecule has 0 unspecified atom stereocenters. The lowest BCUT2D eigenvalue weighted by Crippen LogP contribution is -2.52. The van der Waals surface area contributed by atoms with E-state index >= 15 is 0 Å². The van der Waals surface area contributed by atoms with Gasteiger partial charge < -0.3 is 15.4 Å². The highest BCUT2D eigenvalue weighted by atomic mass is 32.2. The van der Waals surface area contributed by atoms with E-state index in [-0.39, 0.29) is 0 Å². The lowest BCUT2D eigenvalue weighted by Gasteiger charge is -2.20. The fraction of sp³-hybridized carbons (Fsp3) is 0.700. The van der Waals surface area contributed by atoms with Gasteiger partial charge >= 0.3 is 18.1 Å². The third-order valence-corrected chi connectivity index (χ3v) is 2.76. The van der Waals surface area contributed by atoms with Crippen LogP contribution < -0.4 is 10.6 Å². The minimum Gasteiger partial charge on any atom is -0.468 e. The van der Waals surface area contributed by atoms with Crippen molar-refractivity contribution in [3.8, 4) is 0 Å². The van der Waals surface area contributed by atoms with Crippen LogP contribution in [-0.2, 0) is 4.74 Å². The number of thioether (sulfide) groups is 1. The van der Waals surface area contributed by atoms with Gasteiger partial charge in [0.1, 0.15) is 0 Å². The zero-order valence-corrected chi connectivity index (χ0v) is 11.7. The van der Waals surface area contributed by atoms with Crippen LogP contribution in [0.3, 0.4) is 0 Å². The van der Waals surface area contributed by atoms with Crippen LogP contribution in [0, 0.1) is 5.41 Å². The molecule has 8 heteroatoms. The summed E-state index contributed by atoms with van der Waals surface area (Å²) in [6, 6.07) is -1.85. The van der Waals surface area contributed by atoms with Crippen molar-refractivity contribution < 1.29 is 14.3 Å². The van der Waals surface area contributed by atoms with Gasteiger partial charge in [-0.3, -0.25) is 5.41 Å². The summed E-state index contributed by atoms with van der Waals surface area (Å²) < 4.78 is 4.61. The van der Waals surface area contributed by atoms with E-state index in [4.69, 9.17) is 5.41 Å². The van der Waals surface area contributed by atoms with Crippen LogP contribution in [0.5, 0.6) is 0 Å². The van der Waals surface area contributed by atoms with Crippen molar-refractivity contribution in [2.45, 2.75) is 13.8 Å². The second-order valence-corrected chi connectivity index (χ2v) is 4.50. The lowest BCUT2D eigenvalue weighted by molar-refractivity contribution is 0.195. The number of nitrogens with one attached hydrogen (secondary N) is 3. The van der Waals surface area contributed by atoms with E-state index in [0.717, 1.165) is 11.5 Å². The number of hydrogen-bond donors (Lipinski definition) is 3. The molecular weight excluding hydrogens is 256 g/mol. The number of urea groups is 2. The first kappa shape index (κ1) is 16.6. The molecule has 0 aromatic rings. The van der Waals surface area contributed by atoms with Crippen LogP contribution in [0.1, 0.15) is 13.8 Å². The monoisotopic (exact) mass is 276 g/mol. The molecule has 7 nitrogen and oxygen atoms in total. The summed E-state index contributed by atoms with van der Waals surface area (Å²) in [4.78, 5) is 24.0. The van der Waals surface area contributed by atoms with Crippen molar-refractivity contribution >= 4 is 29.8 Å². The van der Waals surface area contributed by atoms with Gasteiger partial charge in [-0.05, 0) is 12.7 Å². The lowest BCUT2D eigenvalue weighted by atomic mass is 10.6. The van der Waals surface area contributed by atoms with Gasteiger partial charge in [0.2, 0.25) is 0 Å². The van der Waals surface area contributed by atoms with Gasteiger partial charge in [0.25, 0.3) is 0 Å². The van der Waals surface area contributed by atoms with Crippen LogP contribution in [0.2, 0.25) is 0 Å². The molecule has 0 bridgehead atoms. The number of carbonyl (C=O) groups excluding carboxylic acids is 2. The summed E-state index contributed by atoms with van der Waals surface area (Å²) in [5, 5.41) is 12.4. The minimum atomic E-state index is -0.676. The van der Waals surface area contributed by atoms with Gasteiger partial charge in [-0.15, -0.1) is 0 Å². The van der Waals surface area contributed by atoms with E-state index in [1.807, 2.05) is 6.92 Å². The maximum absolute atomic E-state index is 11.7. The Kier molecular flexibility index (Phi) is 8.81. The molecular formula is C10H20N4O3S. The Balaban J connectivity index is 4.41. The third kappa shape index (κ3) is 5.76. The molecule has 104 valence electrons. The zero-order valence-electron chi connectivity index (χ0n) is 10.9. The quantitative estimate of drug-likeness (QED) is 0.397. The molecule has 0 aliphatic heterocycles. The average molecular weight is 276 g/mol. The van der Waals surface area contributed by atoms with Crippen LogP contribution in [0.4, 0.5) is 9.59 Å². The molecule has 0 aromatic carbocycles. The van der Waals surface area contributed by atoms with Gasteiger partial charge in [-0.1, -0.05) is 6.92 Å². The Labute approximate surface area is 111 Å². The molecule has 0 atom stereocenters. The Morgan fingerprint density at radius 1 is 1.28 bits per heavy atom. The highest BCUT2D eigenvalue weighted by Gasteiger charge is 2.26. The Bertz CT molecular complexity index is 299. The van der Waals surface area contributed by atoms with Crippen molar-refractivity contribution in [1.29, 1.82) is 5.41 Å². The van der Waals surface area contributed by atoms with Crippen LogP contribution >= 0.6 is 11.8 Å². The van der Waals surface area contributed by atoms with Crippen LogP contribution in [-0.4, -0.2) is 54.7 Å². The molecule has 0 aliphatic carbocycles. The summed E-state index contributed by atoms with van der Waals surface area (Å²) in [6.07, 6.45) is 0. The van der Waals surface area contributed by atoms with E-state index < -0.39 is 18.1 Å². The van der Waals surface area contributed by atoms with E-state index in [0.29, 0.717) is 18.0 Å². The standard InChI is InChI=1S/C10H20N4O3S/c1-4-12-9(15)14(8(11)17-3)10(16)13-6-7-18-5-2/h11H,4-7H2,1-3H3,(H,12,15)(H,13,16). The number of rotatable bonds is 5. The second kappa shape index (κ2) is 9.58. The van der Waals surface area contributed by atoms with Crippen molar-refractivity contribution in [1.82, 2.24) is 15.5 Å². The van der Waals surface area contributed by atoms with Crippen LogP contribution in [0.15, 0.2) is 0 Å². The molecule has 0 rings (SSSR count). The normalized spacial score (nSPS) is 9.50. The zero-order chi connectivity index (χ0) is 14.0. The molecule has 18 heavy (non-hydrogen) atoms. The van der Waals surface area contributed by atoms with Gasteiger partial charge in [-0.2, -0.15) is 16.7 Å². The molecule has 0 fully saturated rings. The topological polar surface area (TPSA) is 94.5 Å². The van der Waals surface area contributed by atoms with E-state index in [1.165, 1.54) is 7.11 Å². The number of carbonyl (C=O) groups is 2. The number of ether oxygens (including phenoxy) is 1. The first-order chi connectivity index (χ1) is 8.58. The molecule has 4 amide bonds. The van der Waals surface area contributed by atoms with E-state index in [2.05, 4.69) is 15.4 Å². The maximum atomic E-state index is 11.7. The van der Waals surface area contributed by atoms with Crippen molar-refractivity contribution in [3.05, 3.63) is 0 Å². The van der Waals surface area contributed by atoms with Gasteiger partial charge in [0, 0.05) is 18.8 Å². The molecule has 3 N–H and O–H groups in total. The van der Waals surface area contributed by atoms with Gasteiger partial charge in [0.15, 0.2) is 0 Å². The molecule has 0 saturated heterocycles. The number of imide groups is 1. The summed E-state index contributed by atoms with van der Waals surface area (Å²) in [7, 11) is 1.23. The third-order valence-electron chi connectivity index (χ3n) is 1.86. The van der Waals surface area contributed by atoms with Crippen LogP contribution in [0.25, 0.3) is 0 Å². The molecule has 0 radical (unpaired) electrons. The SMILES string of the molecule is CCNC(=O)N(C(=N)OC)C(=O)NCCSCC. The number of amidine groups is 1. The Morgan fingerprint density at radius 2 is 1.89 bits per heavy atom. The Morgan fingerprint density at radius 3 is 2.39 bits per heavy atom. The molecule has 0 aromatic heterocycles. The number of hydrogen-bond acceptors (Lipinski definition) is 5. The molecule has 0 saturated carbocycles. The van der Waals surface area contributed by atoms with Gasteiger partial charge in [0.05, 0.1) is 7.11 Å². The fourth-order valence-electron chi connectivity index (χ4n) is 1.05. The molecule has 0 aliphatic rings. The second-order valence-electron chi connectivity index (χ2n) is 3.11. The fourth-order valence-corrected chi connectivity index (χ4v) is 1.59. The predicted molar refractivity (Wildman–Crippen MR) is 72.0 cm³/mol. The van der Waals surface area contributed by atoms with Crippen molar-refractivity contribution in [2.24, 2.45) is 0 Å². The highest BCUT2D eigenvalue weighted by Crippen LogP contribution is 1.97. The number of methoxy groups -OCH3 is 1. The van der Waals surface area contributed by atoms with Crippen molar-refractivity contribution in [3.63, 3.8) is 0 Å². The van der Waals surface area contributed by atoms with E-state index in [9.17, 15) is 9.59 Å². The Hall–Kier alpha value is -1.44. The predicted octanol–water partition coefficient (Wildman–Crippen LogP) is 1.06.